The number of nitrogens with zero attached hydrogens (tertiary/aromatic N) is 6. The van der Waals surface area contributed by atoms with Gasteiger partial charge in [0.25, 0.3) is 0 Å². The van der Waals surface area contributed by atoms with Crippen LogP contribution in [0.25, 0.3) is 17.0 Å². The second kappa shape index (κ2) is 8.27. The van der Waals surface area contributed by atoms with Gasteiger partial charge in [0.2, 0.25) is 5.95 Å². The zero-order valence-electron chi connectivity index (χ0n) is 17.4. The van der Waals surface area contributed by atoms with Crippen LogP contribution in [0, 0.1) is 6.92 Å². The van der Waals surface area contributed by atoms with Crippen molar-refractivity contribution in [2.45, 2.75) is 44.7 Å². The van der Waals surface area contributed by atoms with Crippen LogP contribution in [0.1, 0.15) is 31.2 Å². The molecule has 0 aliphatic heterocycles. The van der Waals surface area contributed by atoms with Crippen molar-refractivity contribution in [2.24, 2.45) is 5.73 Å². The Balaban J connectivity index is 1.41. The number of imidazole rings is 1. The third-order valence-electron chi connectivity index (χ3n) is 5.68. The first-order chi connectivity index (χ1) is 15.2. The summed E-state index contributed by atoms with van der Waals surface area (Å²) in [5.74, 6) is 0.651. The molecule has 4 aromatic rings. The zero-order valence-corrected chi connectivity index (χ0v) is 17.4. The Kier molecular flexibility index (Phi) is 5.17. The number of hydrogen-bond acceptors (Lipinski definition) is 8. The summed E-state index contributed by atoms with van der Waals surface area (Å²) >= 11 is 0. The van der Waals surface area contributed by atoms with Crippen LogP contribution in [0.4, 0.5) is 17.3 Å². The van der Waals surface area contributed by atoms with Gasteiger partial charge in [-0.1, -0.05) is 0 Å². The average molecular weight is 416 g/mol. The van der Waals surface area contributed by atoms with Gasteiger partial charge in [-0.2, -0.15) is 0 Å². The molecule has 4 heterocycles. The Morgan fingerprint density at radius 3 is 2.61 bits per heavy atom. The SMILES string of the molecule is Cc1cnc(N[C@H]2CC[C@H](N)CC2)nc1-c1cnc2cc(Nc3cncnc3)ccn12. The first kappa shape index (κ1) is 19.4. The van der Waals surface area contributed by atoms with E-state index >= 15 is 0 Å². The Morgan fingerprint density at radius 1 is 1.00 bits per heavy atom. The van der Waals surface area contributed by atoms with E-state index in [0.29, 0.717) is 18.0 Å². The number of nitrogens with one attached hydrogen (secondary N) is 2. The summed E-state index contributed by atoms with van der Waals surface area (Å²) in [6.07, 6.45) is 14.8. The van der Waals surface area contributed by atoms with Gasteiger partial charge in [0.1, 0.15) is 12.0 Å². The van der Waals surface area contributed by atoms with Crippen LogP contribution in [-0.2, 0) is 0 Å². The normalized spacial score (nSPS) is 18.8. The lowest BCUT2D eigenvalue weighted by atomic mass is 9.92. The van der Waals surface area contributed by atoms with Gasteiger partial charge in [0.15, 0.2) is 0 Å². The predicted molar refractivity (Wildman–Crippen MR) is 120 cm³/mol. The molecular weight excluding hydrogens is 390 g/mol. The Hall–Kier alpha value is -3.59. The minimum absolute atomic E-state index is 0.319. The lowest BCUT2D eigenvalue weighted by molar-refractivity contribution is 0.410. The summed E-state index contributed by atoms with van der Waals surface area (Å²) in [5.41, 5.74) is 11.4. The predicted octanol–water partition coefficient (Wildman–Crippen LogP) is 3.32. The molecule has 0 amide bonds. The summed E-state index contributed by atoms with van der Waals surface area (Å²) in [4.78, 5) is 22.0. The maximum absolute atomic E-state index is 6.03. The number of nitrogens with two attached hydrogens (primary N) is 1. The minimum atomic E-state index is 0.319. The van der Waals surface area contributed by atoms with Crippen LogP contribution in [0.2, 0.25) is 0 Å². The Morgan fingerprint density at radius 2 is 1.81 bits per heavy atom. The summed E-state index contributed by atoms with van der Waals surface area (Å²) in [5, 5.41) is 6.78. The van der Waals surface area contributed by atoms with E-state index in [9.17, 15) is 0 Å². The van der Waals surface area contributed by atoms with E-state index in [2.05, 4.69) is 30.6 Å². The number of pyridine rings is 1. The Labute approximate surface area is 180 Å². The minimum Gasteiger partial charge on any atom is -0.353 e. The van der Waals surface area contributed by atoms with Crippen molar-refractivity contribution < 1.29 is 0 Å². The van der Waals surface area contributed by atoms with Gasteiger partial charge >= 0.3 is 0 Å². The highest BCUT2D eigenvalue weighted by Gasteiger charge is 2.20. The summed E-state index contributed by atoms with van der Waals surface area (Å²) in [6, 6.07) is 4.66. The molecular formula is C22H25N9. The molecule has 0 unspecified atom stereocenters. The van der Waals surface area contributed by atoms with Crippen LogP contribution in [0.3, 0.4) is 0 Å². The molecule has 0 radical (unpaired) electrons. The molecule has 1 aliphatic rings. The van der Waals surface area contributed by atoms with Gasteiger partial charge < -0.3 is 16.4 Å². The molecule has 1 fully saturated rings. The van der Waals surface area contributed by atoms with Crippen LogP contribution in [0.15, 0.2) is 49.4 Å². The fourth-order valence-electron chi connectivity index (χ4n) is 3.98. The molecule has 9 nitrogen and oxygen atoms in total. The lowest BCUT2D eigenvalue weighted by Gasteiger charge is -2.26. The highest BCUT2D eigenvalue weighted by Crippen LogP contribution is 2.26. The van der Waals surface area contributed by atoms with Crippen molar-refractivity contribution in [1.29, 1.82) is 0 Å². The number of fused-ring (bicyclic) bond motifs is 1. The van der Waals surface area contributed by atoms with Crippen molar-refractivity contribution in [3.8, 4) is 11.4 Å². The summed E-state index contributed by atoms with van der Waals surface area (Å²) in [7, 11) is 0. The topological polar surface area (TPSA) is 119 Å². The van der Waals surface area contributed by atoms with Crippen molar-refractivity contribution in [3.63, 3.8) is 0 Å². The largest absolute Gasteiger partial charge is 0.353 e. The fraction of sp³-hybridized carbons (Fsp3) is 0.318. The van der Waals surface area contributed by atoms with Crippen LogP contribution >= 0.6 is 0 Å². The summed E-state index contributed by atoms with van der Waals surface area (Å²) in [6.45, 7) is 2.02. The van der Waals surface area contributed by atoms with E-state index in [0.717, 1.165) is 59.7 Å². The highest BCUT2D eigenvalue weighted by atomic mass is 15.1. The van der Waals surface area contributed by atoms with E-state index in [1.54, 1.807) is 12.4 Å². The standard InChI is InChI=1S/C22H25N9/c1-14-9-27-22(29-16-4-2-15(23)3-5-16)30-21(14)19-12-26-20-8-17(6-7-31(19)20)28-18-10-24-13-25-11-18/h6-13,15-16,28H,2-5,23H2,1H3,(H,27,29,30)/t15-,16-. The zero-order chi connectivity index (χ0) is 21.2. The second-order valence-electron chi connectivity index (χ2n) is 8.02. The van der Waals surface area contributed by atoms with E-state index in [1.165, 1.54) is 6.33 Å². The van der Waals surface area contributed by atoms with Crippen molar-refractivity contribution in [1.82, 2.24) is 29.3 Å². The van der Waals surface area contributed by atoms with Gasteiger partial charge in [-0.3, -0.25) is 4.40 Å². The van der Waals surface area contributed by atoms with Crippen LogP contribution < -0.4 is 16.4 Å². The monoisotopic (exact) mass is 415 g/mol. The molecule has 1 aliphatic carbocycles. The molecule has 0 atom stereocenters. The van der Waals surface area contributed by atoms with Gasteiger partial charge in [-0.25, -0.2) is 24.9 Å². The molecule has 0 saturated heterocycles. The number of aryl methyl sites for hydroxylation is 1. The molecule has 4 aromatic heterocycles. The van der Waals surface area contributed by atoms with Crippen molar-refractivity contribution in [3.05, 3.63) is 55.0 Å². The second-order valence-corrected chi connectivity index (χ2v) is 8.02. The van der Waals surface area contributed by atoms with E-state index in [1.807, 2.05) is 42.0 Å². The first-order valence-electron chi connectivity index (χ1n) is 10.5. The summed E-state index contributed by atoms with van der Waals surface area (Å²) < 4.78 is 2.03. The number of hydrogen-bond donors (Lipinski definition) is 3. The third kappa shape index (κ3) is 4.17. The first-order valence-corrected chi connectivity index (χ1v) is 10.5. The van der Waals surface area contributed by atoms with Crippen LogP contribution in [-0.4, -0.2) is 41.4 Å². The van der Waals surface area contributed by atoms with E-state index < -0.39 is 0 Å². The fourth-order valence-corrected chi connectivity index (χ4v) is 3.98. The van der Waals surface area contributed by atoms with Gasteiger partial charge in [-0.15, -0.1) is 0 Å². The maximum atomic E-state index is 6.03. The molecule has 31 heavy (non-hydrogen) atoms. The lowest BCUT2D eigenvalue weighted by Crippen LogP contribution is -2.33. The maximum Gasteiger partial charge on any atom is 0.223 e. The molecule has 5 rings (SSSR count). The smallest absolute Gasteiger partial charge is 0.223 e. The number of anilines is 3. The van der Waals surface area contributed by atoms with E-state index in [4.69, 9.17) is 10.7 Å². The molecule has 0 aromatic carbocycles. The van der Waals surface area contributed by atoms with Crippen LogP contribution in [0.5, 0.6) is 0 Å². The molecule has 9 heteroatoms. The third-order valence-corrected chi connectivity index (χ3v) is 5.68. The van der Waals surface area contributed by atoms with Gasteiger partial charge in [0, 0.05) is 36.2 Å². The van der Waals surface area contributed by atoms with Gasteiger partial charge in [-0.05, 0) is 44.2 Å². The number of rotatable bonds is 5. The quantitative estimate of drug-likeness (QED) is 0.454. The molecule has 158 valence electrons. The molecule has 4 N–H and O–H groups in total. The van der Waals surface area contributed by atoms with Gasteiger partial charge in [0.05, 0.1) is 35.7 Å². The van der Waals surface area contributed by atoms with E-state index in [-0.39, 0.29) is 0 Å². The molecule has 0 spiro atoms. The Bertz CT molecular complexity index is 1180. The van der Waals surface area contributed by atoms with Crippen molar-refractivity contribution >= 4 is 23.0 Å². The highest BCUT2D eigenvalue weighted by molar-refractivity contribution is 5.68. The average Bonchev–Trinajstić information content (AvgIpc) is 3.20. The number of aromatic nitrogens is 6. The molecule has 1 saturated carbocycles. The molecule has 0 bridgehead atoms. The van der Waals surface area contributed by atoms with Crippen molar-refractivity contribution in [2.75, 3.05) is 10.6 Å².